The highest BCUT2D eigenvalue weighted by Crippen LogP contribution is 2.21. The minimum absolute atomic E-state index is 0.0791. The van der Waals surface area contributed by atoms with E-state index in [9.17, 15) is 14.9 Å². The Morgan fingerprint density at radius 2 is 2.33 bits per heavy atom. The highest BCUT2D eigenvalue weighted by Gasteiger charge is 2.16. The molecule has 8 heteroatoms. The van der Waals surface area contributed by atoms with Crippen LogP contribution < -0.4 is 10.6 Å². The van der Waals surface area contributed by atoms with Crippen LogP contribution in [0.5, 0.6) is 0 Å². The van der Waals surface area contributed by atoms with Gasteiger partial charge in [0.25, 0.3) is 0 Å². The molecule has 0 saturated carbocycles. The second-order valence-electron chi connectivity index (χ2n) is 4.43. The predicted molar refractivity (Wildman–Crippen MR) is 80.5 cm³/mol. The van der Waals surface area contributed by atoms with E-state index in [0.717, 1.165) is 11.1 Å². The second kappa shape index (κ2) is 6.80. The Bertz CT molecular complexity index is 630. The zero-order valence-corrected chi connectivity index (χ0v) is 12.1. The van der Waals surface area contributed by atoms with Crippen LogP contribution in [0.2, 0.25) is 0 Å². The third-order valence-corrected chi connectivity index (χ3v) is 3.61. The van der Waals surface area contributed by atoms with Gasteiger partial charge in [-0.25, -0.2) is 4.79 Å². The Labute approximate surface area is 125 Å². The van der Waals surface area contributed by atoms with Gasteiger partial charge in [0.05, 0.1) is 4.92 Å². The Kier molecular flexibility index (Phi) is 4.83. The molecule has 2 N–H and O–H groups in total. The van der Waals surface area contributed by atoms with E-state index in [4.69, 9.17) is 0 Å². The van der Waals surface area contributed by atoms with Crippen LogP contribution in [-0.4, -0.2) is 22.0 Å². The number of thiophene rings is 1. The van der Waals surface area contributed by atoms with Crippen LogP contribution in [0.3, 0.4) is 0 Å². The van der Waals surface area contributed by atoms with E-state index in [-0.39, 0.29) is 17.4 Å². The van der Waals surface area contributed by atoms with Crippen LogP contribution in [0.15, 0.2) is 36.0 Å². The average molecular weight is 306 g/mol. The first kappa shape index (κ1) is 14.9. The summed E-state index contributed by atoms with van der Waals surface area (Å²) in [6, 6.07) is 4.78. The van der Waals surface area contributed by atoms with Crippen LogP contribution in [0.1, 0.15) is 11.8 Å². The molecule has 0 bridgehead atoms. The molecule has 0 unspecified atom stereocenters. The number of hydrogen-bond donors (Lipinski definition) is 2. The van der Waals surface area contributed by atoms with Gasteiger partial charge in [-0.15, -0.1) is 11.3 Å². The topological polar surface area (TPSA) is 97.2 Å². The number of amides is 2. The molecular weight excluding hydrogens is 292 g/mol. The van der Waals surface area contributed by atoms with Crippen LogP contribution >= 0.6 is 11.3 Å². The fourth-order valence-electron chi connectivity index (χ4n) is 1.80. The largest absolute Gasteiger partial charge is 0.335 e. The van der Waals surface area contributed by atoms with Crippen molar-refractivity contribution in [2.45, 2.75) is 19.4 Å². The van der Waals surface area contributed by atoms with Crippen LogP contribution in [0.4, 0.5) is 16.2 Å². The number of anilines is 1. The van der Waals surface area contributed by atoms with E-state index in [1.54, 1.807) is 11.3 Å². The lowest BCUT2D eigenvalue weighted by molar-refractivity contribution is -0.384. The van der Waals surface area contributed by atoms with E-state index in [1.807, 2.05) is 24.4 Å². The minimum atomic E-state index is -0.586. The number of carbonyl (C=O) groups is 1. The number of urea groups is 1. The molecule has 0 aliphatic heterocycles. The van der Waals surface area contributed by atoms with Gasteiger partial charge in [0, 0.05) is 23.5 Å². The molecule has 0 aromatic carbocycles. The summed E-state index contributed by atoms with van der Waals surface area (Å²) in [5.41, 5.74) is -0.116. The first-order valence-electron chi connectivity index (χ1n) is 6.24. The molecule has 2 aromatic heterocycles. The number of pyridine rings is 1. The number of carbonyl (C=O) groups excluding carboxylic acids is 1. The molecule has 0 fully saturated rings. The highest BCUT2D eigenvalue weighted by atomic mass is 32.1. The molecule has 0 aliphatic rings. The van der Waals surface area contributed by atoms with E-state index < -0.39 is 11.0 Å². The minimum Gasteiger partial charge on any atom is -0.335 e. The molecule has 110 valence electrons. The molecule has 21 heavy (non-hydrogen) atoms. The van der Waals surface area contributed by atoms with E-state index >= 15 is 0 Å². The molecule has 0 spiro atoms. The van der Waals surface area contributed by atoms with Crippen molar-refractivity contribution in [3.05, 3.63) is 51.0 Å². The SMILES string of the molecule is C[C@@H](Cc1cccs1)NC(=O)Nc1ccncc1[N+](=O)[O-]. The lowest BCUT2D eigenvalue weighted by atomic mass is 10.2. The van der Waals surface area contributed by atoms with Crippen molar-refractivity contribution in [1.29, 1.82) is 0 Å². The fraction of sp³-hybridized carbons (Fsp3) is 0.231. The van der Waals surface area contributed by atoms with Gasteiger partial charge in [0.15, 0.2) is 0 Å². The van der Waals surface area contributed by atoms with Crippen molar-refractivity contribution in [3.63, 3.8) is 0 Å². The summed E-state index contributed by atoms with van der Waals surface area (Å²) in [6.45, 7) is 1.88. The lowest BCUT2D eigenvalue weighted by Crippen LogP contribution is -2.37. The molecule has 2 aromatic rings. The van der Waals surface area contributed by atoms with Crippen molar-refractivity contribution in [3.8, 4) is 0 Å². The van der Waals surface area contributed by atoms with E-state index in [1.165, 1.54) is 12.3 Å². The van der Waals surface area contributed by atoms with Crippen molar-refractivity contribution in [2.75, 3.05) is 5.32 Å². The van der Waals surface area contributed by atoms with Gasteiger partial charge in [-0.1, -0.05) is 6.07 Å². The smallest absolute Gasteiger partial charge is 0.319 e. The maximum absolute atomic E-state index is 11.9. The van der Waals surface area contributed by atoms with Gasteiger partial charge >= 0.3 is 11.7 Å². The predicted octanol–water partition coefficient (Wildman–Crippen LogP) is 2.80. The molecule has 2 rings (SSSR count). The van der Waals surface area contributed by atoms with E-state index in [2.05, 4.69) is 15.6 Å². The van der Waals surface area contributed by atoms with Crippen LogP contribution in [0.25, 0.3) is 0 Å². The highest BCUT2D eigenvalue weighted by molar-refractivity contribution is 7.09. The summed E-state index contributed by atoms with van der Waals surface area (Å²) in [6.07, 6.45) is 3.20. The van der Waals surface area contributed by atoms with Crippen LogP contribution in [0, 0.1) is 10.1 Å². The number of nitrogens with zero attached hydrogens (tertiary/aromatic N) is 2. The van der Waals surface area contributed by atoms with Crippen molar-refractivity contribution in [1.82, 2.24) is 10.3 Å². The van der Waals surface area contributed by atoms with Gasteiger partial charge in [0.2, 0.25) is 0 Å². The van der Waals surface area contributed by atoms with Gasteiger partial charge in [0.1, 0.15) is 11.9 Å². The van der Waals surface area contributed by atoms with Gasteiger partial charge in [-0.05, 0) is 24.4 Å². The molecule has 0 aliphatic carbocycles. The Hall–Kier alpha value is -2.48. The second-order valence-corrected chi connectivity index (χ2v) is 5.47. The quantitative estimate of drug-likeness (QED) is 0.655. The summed E-state index contributed by atoms with van der Waals surface area (Å²) >= 11 is 1.62. The van der Waals surface area contributed by atoms with Crippen molar-refractivity contribution < 1.29 is 9.72 Å². The fourth-order valence-corrected chi connectivity index (χ4v) is 2.64. The summed E-state index contributed by atoms with van der Waals surface area (Å²) in [5, 5.41) is 18.0. The molecule has 0 radical (unpaired) electrons. The Balaban J connectivity index is 1.94. The van der Waals surface area contributed by atoms with Gasteiger partial charge in [-0.2, -0.15) is 0 Å². The third-order valence-electron chi connectivity index (χ3n) is 2.71. The Morgan fingerprint density at radius 1 is 1.52 bits per heavy atom. The third kappa shape index (κ3) is 4.25. The standard InChI is InChI=1S/C13H14N4O3S/c1-9(7-10-3-2-6-21-10)15-13(18)16-11-4-5-14-8-12(11)17(19)20/h2-6,8-9H,7H2,1H3,(H2,14,15,16,18)/t9-/m0/s1. The van der Waals surface area contributed by atoms with E-state index in [0.29, 0.717) is 6.42 Å². The molecular formula is C13H14N4O3S. The monoisotopic (exact) mass is 306 g/mol. The van der Waals surface area contributed by atoms with Gasteiger partial charge in [-0.3, -0.25) is 15.1 Å². The summed E-state index contributed by atoms with van der Waals surface area (Å²) in [5.74, 6) is 0. The van der Waals surface area contributed by atoms with Gasteiger partial charge < -0.3 is 10.6 Å². The lowest BCUT2D eigenvalue weighted by Gasteiger charge is -2.13. The first-order valence-corrected chi connectivity index (χ1v) is 7.12. The zero-order chi connectivity index (χ0) is 15.2. The number of rotatable bonds is 5. The number of nitrogens with one attached hydrogen (secondary N) is 2. The number of hydrogen-bond acceptors (Lipinski definition) is 5. The molecule has 1 atom stereocenters. The summed E-state index contributed by atoms with van der Waals surface area (Å²) in [7, 11) is 0. The summed E-state index contributed by atoms with van der Waals surface area (Å²) in [4.78, 5) is 26.9. The normalized spacial score (nSPS) is 11.7. The summed E-state index contributed by atoms with van der Waals surface area (Å²) < 4.78 is 0. The van der Waals surface area contributed by atoms with Crippen LogP contribution in [-0.2, 0) is 6.42 Å². The maximum atomic E-state index is 11.9. The first-order chi connectivity index (χ1) is 10.1. The average Bonchev–Trinajstić information content (AvgIpc) is 2.91. The molecule has 2 heterocycles. The number of aromatic nitrogens is 1. The molecule has 0 saturated heterocycles. The van der Waals surface area contributed by atoms with Crippen molar-refractivity contribution >= 4 is 28.7 Å². The molecule has 7 nitrogen and oxygen atoms in total. The zero-order valence-electron chi connectivity index (χ0n) is 11.3. The Morgan fingerprint density at radius 3 is 3.00 bits per heavy atom. The molecule has 2 amide bonds. The van der Waals surface area contributed by atoms with Crippen molar-refractivity contribution in [2.24, 2.45) is 0 Å². The number of nitro groups is 1. The maximum Gasteiger partial charge on any atom is 0.319 e.